The highest BCUT2D eigenvalue weighted by molar-refractivity contribution is 5.78. The van der Waals surface area contributed by atoms with Crippen LogP contribution < -0.4 is 4.90 Å². The molecule has 1 N–H and O–H groups in total. The summed E-state index contributed by atoms with van der Waals surface area (Å²) in [5.74, 6) is -0.755. The summed E-state index contributed by atoms with van der Waals surface area (Å²) in [6.45, 7) is 4.63. The minimum atomic E-state index is -0.755. The lowest BCUT2D eigenvalue weighted by Crippen LogP contribution is -2.42. The van der Waals surface area contributed by atoms with Crippen LogP contribution in [-0.4, -0.2) is 23.7 Å². The third-order valence-corrected chi connectivity index (χ3v) is 3.22. The molecule has 0 saturated heterocycles. The van der Waals surface area contributed by atoms with Crippen molar-refractivity contribution in [2.75, 3.05) is 11.4 Å². The van der Waals surface area contributed by atoms with Crippen molar-refractivity contribution < 1.29 is 9.90 Å². The highest BCUT2D eigenvalue weighted by Crippen LogP contribution is 2.29. The average Bonchev–Trinajstić information content (AvgIpc) is 2.27. The number of anilines is 1. The maximum Gasteiger partial charge on any atom is 0.326 e. The van der Waals surface area contributed by atoms with Gasteiger partial charge in [-0.25, -0.2) is 4.79 Å². The summed E-state index contributed by atoms with van der Waals surface area (Å²) < 4.78 is 0. The van der Waals surface area contributed by atoms with Crippen LogP contribution in [0.25, 0.3) is 0 Å². The Kier molecular flexibility index (Phi) is 2.86. The van der Waals surface area contributed by atoms with Crippen LogP contribution in [0.4, 0.5) is 5.69 Å². The van der Waals surface area contributed by atoms with Crippen molar-refractivity contribution in [3.63, 3.8) is 0 Å². The summed E-state index contributed by atoms with van der Waals surface area (Å²) in [6, 6.07) is 5.86. The first-order valence-corrected chi connectivity index (χ1v) is 5.68. The van der Waals surface area contributed by atoms with Crippen molar-refractivity contribution in [1.29, 1.82) is 0 Å². The number of carboxylic acids is 1. The number of hydrogen-bond acceptors (Lipinski definition) is 2. The molecule has 86 valence electrons. The van der Waals surface area contributed by atoms with E-state index in [1.807, 2.05) is 11.8 Å². The van der Waals surface area contributed by atoms with Gasteiger partial charge in [0.05, 0.1) is 0 Å². The largest absolute Gasteiger partial charge is 0.480 e. The lowest BCUT2D eigenvalue weighted by molar-refractivity contribution is -0.138. The highest BCUT2D eigenvalue weighted by Gasteiger charge is 2.25. The number of hydrogen-bond donors (Lipinski definition) is 1. The lowest BCUT2D eigenvalue weighted by atomic mass is 9.98. The number of carboxylic acid groups (broad SMARTS) is 1. The molecule has 3 heteroatoms. The van der Waals surface area contributed by atoms with Crippen molar-refractivity contribution in [3.8, 4) is 0 Å². The summed E-state index contributed by atoms with van der Waals surface area (Å²) in [6.07, 6.45) is 2.09. The van der Waals surface area contributed by atoms with Gasteiger partial charge in [0.2, 0.25) is 0 Å². The van der Waals surface area contributed by atoms with E-state index in [4.69, 9.17) is 5.11 Å². The van der Waals surface area contributed by atoms with Gasteiger partial charge in [-0.3, -0.25) is 0 Å². The number of benzene rings is 1. The van der Waals surface area contributed by atoms with E-state index in [0.717, 1.165) is 25.1 Å². The van der Waals surface area contributed by atoms with E-state index in [0.29, 0.717) is 0 Å². The second kappa shape index (κ2) is 4.16. The summed E-state index contributed by atoms with van der Waals surface area (Å²) >= 11 is 0. The number of aliphatic carboxylic acids is 1. The van der Waals surface area contributed by atoms with Crippen LogP contribution in [0.2, 0.25) is 0 Å². The number of rotatable bonds is 2. The highest BCUT2D eigenvalue weighted by atomic mass is 16.4. The first-order valence-electron chi connectivity index (χ1n) is 5.68. The molecule has 16 heavy (non-hydrogen) atoms. The van der Waals surface area contributed by atoms with E-state index in [-0.39, 0.29) is 0 Å². The molecular weight excluding hydrogens is 202 g/mol. The topological polar surface area (TPSA) is 40.5 Å². The Labute approximate surface area is 95.7 Å². The predicted octanol–water partition coefficient (Wildman–Crippen LogP) is 2.22. The zero-order chi connectivity index (χ0) is 11.7. The van der Waals surface area contributed by atoms with Gasteiger partial charge in [-0.2, -0.15) is 0 Å². The number of nitrogens with zero attached hydrogens (tertiary/aromatic N) is 1. The number of aryl methyl sites for hydroxylation is 2. The molecule has 1 aliphatic heterocycles. The van der Waals surface area contributed by atoms with Crippen molar-refractivity contribution in [3.05, 3.63) is 29.3 Å². The monoisotopic (exact) mass is 219 g/mol. The fraction of sp³-hybridized carbons (Fsp3) is 0.462. The Morgan fingerprint density at radius 2 is 2.25 bits per heavy atom. The van der Waals surface area contributed by atoms with Crippen molar-refractivity contribution >= 4 is 11.7 Å². The minimum absolute atomic E-state index is 0.444. The summed E-state index contributed by atoms with van der Waals surface area (Å²) in [5, 5.41) is 9.09. The van der Waals surface area contributed by atoms with E-state index in [9.17, 15) is 4.79 Å². The first-order chi connectivity index (χ1) is 7.59. The quantitative estimate of drug-likeness (QED) is 0.829. The normalized spacial score (nSPS) is 16.8. The Hall–Kier alpha value is -1.51. The second-order valence-corrected chi connectivity index (χ2v) is 4.44. The molecule has 0 spiro atoms. The zero-order valence-electron chi connectivity index (χ0n) is 9.73. The first kappa shape index (κ1) is 11.0. The molecule has 1 aromatic rings. The molecular formula is C13H17NO2. The van der Waals surface area contributed by atoms with Crippen LogP contribution in [-0.2, 0) is 11.2 Å². The van der Waals surface area contributed by atoms with E-state index in [1.54, 1.807) is 6.92 Å². The van der Waals surface area contributed by atoms with Gasteiger partial charge in [-0.05, 0) is 43.9 Å². The van der Waals surface area contributed by atoms with E-state index >= 15 is 0 Å². The van der Waals surface area contributed by atoms with Crippen LogP contribution >= 0.6 is 0 Å². The molecule has 0 bridgehead atoms. The van der Waals surface area contributed by atoms with Crippen LogP contribution in [0.1, 0.15) is 24.5 Å². The molecule has 0 saturated carbocycles. The number of carbonyl (C=O) groups is 1. The van der Waals surface area contributed by atoms with Crippen molar-refractivity contribution in [2.24, 2.45) is 0 Å². The molecule has 1 aromatic carbocycles. The van der Waals surface area contributed by atoms with E-state index in [1.165, 1.54) is 11.1 Å². The fourth-order valence-electron chi connectivity index (χ4n) is 2.25. The molecule has 2 rings (SSSR count). The van der Waals surface area contributed by atoms with E-state index < -0.39 is 12.0 Å². The number of fused-ring (bicyclic) bond motifs is 1. The predicted molar refractivity (Wildman–Crippen MR) is 63.9 cm³/mol. The molecule has 0 fully saturated rings. The minimum Gasteiger partial charge on any atom is -0.480 e. The van der Waals surface area contributed by atoms with Gasteiger partial charge in [-0.15, -0.1) is 0 Å². The molecule has 0 aromatic heterocycles. The third-order valence-electron chi connectivity index (χ3n) is 3.22. The maximum atomic E-state index is 11.1. The zero-order valence-corrected chi connectivity index (χ0v) is 9.73. The Morgan fingerprint density at radius 1 is 1.50 bits per heavy atom. The van der Waals surface area contributed by atoms with Crippen LogP contribution in [0.3, 0.4) is 0 Å². The Balaban J connectivity index is 2.38. The molecule has 1 heterocycles. The molecule has 3 nitrogen and oxygen atoms in total. The fourth-order valence-corrected chi connectivity index (χ4v) is 2.25. The summed E-state index contributed by atoms with van der Waals surface area (Å²) in [5.41, 5.74) is 3.55. The van der Waals surface area contributed by atoms with Gasteiger partial charge in [0.1, 0.15) is 6.04 Å². The third kappa shape index (κ3) is 1.90. The van der Waals surface area contributed by atoms with Gasteiger partial charge >= 0.3 is 5.97 Å². The van der Waals surface area contributed by atoms with Crippen molar-refractivity contribution in [1.82, 2.24) is 0 Å². The molecule has 0 radical (unpaired) electrons. The summed E-state index contributed by atoms with van der Waals surface area (Å²) in [7, 11) is 0. The molecule has 1 aliphatic rings. The van der Waals surface area contributed by atoms with E-state index in [2.05, 4.69) is 18.2 Å². The standard InChI is InChI=1S/C13H17NO2/c1-9-5-6-11-4-3-7-14(12(11)8-9)10(2)13(15)16/h5-6,8,10H,3-4,7H2,1-2H3,(H,15,16). The summed E-state index contributed by atoms with van der Waals surface area (Å²) in [4.78, 5) is 13.0. The SMILES string of the molecule is Cc1ccc2c(c1)N(C(C)C(=O)O)CCC2. The Morgan fingerprint density at radius 3 is 2.94 bits per heavy atom. The molecule has 1 unspecified atom stereocenters. The lowest BCUT2D eigenvalue weighted by Gasteiger charge is -2.34. The second-order valence-electron chi connectivity index (χ2n) is 4.44. The van der Waals surface area contributed by atoms with Crippen LogP contribution in [0.5, 0.6) is 0 Å². The van der Waals surface area contributed by atoms with Crippen molar-refractivity contribution in [2.45, 2.75) is 32.7 Å². The smallest absolute Gasteiger partial charge is 0.326 e. The Bertz CT molecular complexity index is 414. The van der Waals surface area contributed by atoms with Crippen LogP contribution in [0, 0.1) is 6.92 Å². The van der Waals surface area contributed by atoms with Gasteiger partial charge in [0.15, 0.2) is 0 Å². The maximum absolute atomic E-state index is 11.1. The van der Waals surface area contributed by atoms with Gasteiger partial charge in [0.25, 0.3) is 0 Å². The van der Waals surface area contributed by atoms with Gasteiger partial charge in [-0.1, -0.05) is 12.1 Å². The molecule has 0 amide bonds. The van der Waals surface area contributed by atoms with Gasteiger partial charge in [0, 0.05) is 12.2 Å². The van der Waals surface area contributed by atoms with Crippen LogP contribution in [0.15, 0.2) is 18.2 Å². The molecule has 1 atom stereocenters. The average molecular weight is 219 g/mol. The van der Waals surface area contributed by atoms with Gasteiger partial charge < -0.3 is 10.0 Å². The molecule has 0 aliphatic carbocycles.